The van der Waals surface area contributed by atoms with E-state index in [0.717, 1.165) is 23.7 Å². The molecule has 1 aliphatic rings. The van der Waals surface area contributed by atoms with Crippen molar-refractivity contribution < 1.29 is 9.84 Å². The number of piperidine rings is 1. The first kappa shape index (κ1) is 18.7. The van der Waals surface area contributed by atoms with Gasteiger partial charge in [0.25, 0.3) is 0 Å². The smallest absolute Gasteiger partial charge is 0.0900 e. The van der Waals surface area contributed by atoms with E-state index in [4.69, 9.17) is 16.3 Å². The van der Waals surface area contributed by atoms with E-state index in [-0.39, 0.29) is 6.10 Å². The fraction of sp³-hybridized carbons (Fsp3) is 0.667. The molecule has 1 N–H and O–H groups in total. The lowest BCUT2D eigenvalue weighted by molar-refractivity contribution is -0.0201. The van der Waals surface area contributed by atoms with Crippen LogP contribution in [0.1, 0.15) is 31.4 Å². The van der Waals surface area contributed by atoms with Gasteiger partial charge in [-0.25, -0.2) is 0 Å². The third-order valence-corrected chi connectivity index (χ3v) is 4.94. The normalized spacial score (nSPS) is 19.9. The highest BCUT2D eigenvalue weighted by Gasteiger charge is 2.22. The third kappa shape index (κ3) is 6.05. The number of hydrogen-bond acceptors (Lipinski definition) is 4. The van der Waals surface area contributed by atoms with Crippen LogP contribution in [0.5, 0.6) is 0 Å². The molecule has 2 rings (SSSR count). The zero-order valence-corrected chi connectivity index (χ0v) is 15.2. The first-order valence-corrected chi connectivity index (χ1v) is 8.77. The average Bonchev–Trinajstić information content (AvgIpc) is 2.54. The molecular formula is C18H29ClN2O2. The molecule has 0 aliphatic carbocycles. The molecule has 0 bridgehead atoms. The van der Waals surface area contributed by atoms with Gasteiger partial charge < -0.3 is 19.6 Å². The second-order valence-corrected chi connectivity index (χ2v) is 7.09. The second kappa shape index (κ2) is 9.00. The van der Waals surface area contributed by atoms with Crippen LogP contribution in [0.15, 0.2) is 24.3 Å². The monoisotopic (exact) mass is 340 g/mol. The van der Waals surface area contributed by atoms with Crippen LogP contribution < -0.4 is 0 Å². The van der Waals surface area contributed by atoms with Gasteiger partial charge in [0.05, 0.1) is 18.8 Å². The van der Waals surface area contributed by atoms with Crippen LogP contribution >= 0.6 is 11.6 Å². The van der Waals surface area contributed by atoms with Gasteiger partial charge in [-0.15, -0.1) is 0 Å². The molecule has 0 unspecified atom stereocenters. The van der Waals surface area contributed by atoms with E-state index >= 15 is 0 Å². The van der Waals surface area contributed by atoms with E-state index in [1.165, 1.54) is 12.8 Å². The van der Waals surface area contributed by atoms with E-state index < -0.39 is 6.10 Å². The van der Waals surface area contributed by atoms with Crippen LogP contribution in [0.3, 0.4) is 0 Å². The van der Waals surface area contributed by atoms with Crippen molar-refractivity contribution in [2.45, 2.75) is 38.0 Å². The maximum atomic E-state index is 10.2. The van der Waals surface area contributed by atoms with Crippen LogP contribution in [0.2, 0.25) is 5.02 Å². The Hall–Kier alpha value is -0.650. The first-order chi connectivity index (χ1) is 11.0. The van der Waals surface area contributed by atoms with Gasteiger partial charge in [0.2, 0.25) is 0 Å². The van der Waals surface area contributed by atoms with Gasteiger partial charge in [-0.3, -0.25) is 0 Å². The lowest BCUT2D eigenvalue weighted by Crippen LogP contribution is -2.45. The highest BCUT2D eigenvalue weighted by atomic mass is 35.5. The third-order valence-electron chi connectivity index (χ3n) is 4.69. The van der Waals surface area contributed by atoms with E-state index in [0.29, 0.717) is 19.2 Å². The summed E-state index contributed by atoms with van der Waals surface area (Å²) in [5.41, 5.74) is 1.07. The zero-order valence-electron chi connectivity index (χ0n) is 14.4. The summed E-state index contributed by atoms with van der Waals surface area (Å²) in [6.07, 6.45) is 1.83. The number of benzene rings is 1. The van der Waals surface area contributed by atoms with Crippen LogP contribution in [0.4, 0.5) is 0 Å². The number of ether oxygens (including phenoxy) is 1. The number of rotatable bonds is 7. The summed E-state index contributed by atoms with van der Waals surface area (Å²) in [5, 5.41) is 11.0. The van der Waals surface area contributed by atoms with Crippen molar-refractivity contribution in [2.75, 3.05) is 40.3 Å². The molecule has 4 nitrogen and oxygen atoms in total. The van der Waals surface area contributed by atoms with Crippen LogP contribution in [0.25, 0.3) is 0 Å². The summed E-state index contributed by atoms with van der Waals surface area (Å²) >= 11 is 5.89. The molecule has 1 aromatic rings. The molecule has 0 saturated carbocycles. The van der Waals surface area contributed by atoms with Crippen molar-refractivity contribution in [3.05, 3.63) is 34.9 Å². The summed E-state index contributed by atoms with van der Waals surface area (Å²) in [7, 11) is 4.26. The molecule has 5 heteroatoms. The predicted octanol–water partition coefficient (Wildman–Crippen LogP) is 2.80. The quantitative estimate of drug-likeness (QED) is 0.828. The number of halogens is 1. The molecule has 1 heterocycles. The standard InChI is InChI=1S/C18H29ClN2O2/c1-14(15-4-6-16(19)7-5-15)23-13-18(22)12-21(3)17-8-10-20(2)11-9-17/h4-7,14,17-18,22H,8-13H2,1-3H3/t14-,18-/m0/s1. The minimum atomic E-state index is -0.464. The largest absolute Gasteiger partial charge is 0.389 e. The van der Waals surface area contributed by atoms with Gasteiger partial charge in [0, 0.05) is 17.6 Å². The Kier molecular flexibility index (Phi) is 7.31. The van der Waals surface area contributed by atoms with E-state index in [1.807, 2.05) is 31.2 Å². The van der Waals surface area contributed by atoms with Crippen molar-refractivity contribution >= 4 is 11.6 Å². The Morgan fingerprint density at radius 1 is 1.30 bits per heavy atom. The Morgan fingerprint density at radius 2 is 1.91 bits per heavy atom. The topological polar surface area (TPSA) is 35.9 Å². The van der Waals surface area contributed by atoms with E-state index in [1.54, 1.807) is 0 Å². The average molecular weight is 341 g/mol. The van der Waals surface area contributed by atoms with E-state index in [9.17, 15) is 5.11 Å². The minimum Gasteiger partial charge on any atom is -0.389 e. The lowest BCUT2D eigenvalue weighted by atomic mass is 10.0. The molecule has 2 atom stereocenters. The Labute approximate surface area is 145 Å². The second-order valence-electron chi connectivity index (χ2n) is 6.65. The van der Waals surface area contributed by atoms with Crippen LogP contribution in [-0.2, 0) is 4.74 Å². The first-order valence-electron chi connectivity index (χ1n) is 8.39. The highest BCUT2D eigenvalue weighted by Crippen LogP contribution is 2.20. The van der Waals surface area contributed by atoms with Gasteiger partial charge in [0.1, 0.15) is 0 Å². The fourth-order valence-electron chi connectivity index (χ4n) is 3.06. The molecule has 0 amide bonds. The molecule has 0 spiro atoms. The Morgan fingerprint density at radius 3 is 2.52 bits per heavy atom. The van der Waals surface area contributed by atoms with Gasteiger partial charge in [-0.2, -0.15) is 0 Å². The summed E-state index contributed by atoms with van der Waals surface area (Å²) in [4.78, 5) is 4.63. The lowest BCUT2D eigenvalue weighted by Gasteiger charge is -2.36. The molecule has 130 valence electrons. The number of hydrogen-bond donors (Lipinski definition) is 1. The summed E-state index contributed by atoms with van der Waals surface area (Å²) in [6, 6.07) is 8.21. The van der Waals surface area contributed by atoms with Crippen molar-refractivity contribution in [2.24, 2.45) is 0 Å². The van der Waals surface area contributed by atoms with Crippen molar-refractivity contribution in [1.29, 1.82) is 0 Å². The fourth-order valence-corrected chi connectivity index (χ4v) is 3.18. The molecular weight excluding hydrogens is 312 g/mol. The van der Waals surface area contributed by atoms with Gasteiger partial charge in [-0.1, -0.05) is 23.7 Å². The highest BCUT2D eigenvalue weighted by molar-refractivity contribution is 6.30. The van der Waals surface area contributed by atoms with Gasteiger partial charge >= 0.3 is 0 Å². The number of likely N-dealkylation sites (tertiary alicyclic amines) is 1. The molecule has 1 fully saturated rings. The predicted molar refractivity (Wildman–Crippen MR) is 95.0 cm³/mol. The summed E-state index contributed by atoms with van der Waals surface area (Å²) in [6.45, 7) is 5.27. The SMILES string of the molecule is C[C@H](OC[C@@H](O)CN(C)C1CCN(C)CC1)c1ccc(Cl)cc1. The minimum absolute atomic E-state index is 0.0458. The van der Waals surface area contributed by atoms with Crippen LogP contribution in [-0.4, -0.2) is 67.4 Å². The van der Waals surface area contributed by atoms with Crippen molar-refractivity contribution in [3.63, 3.8) is 0 Å². The van der Waals surface area contributed by atoms with E-state index in [2.05, 4.69) is 23.9 Å². The zero-order chi connectivity index (χ0) is 16.8. The Balaban J connectivity index is 1.71. The molecule has 0 aromatic heterocycles. The molecule has 1 aliphatic heterocycles. The van der Waals surface area contributed by atoms with Crippen LogP contribution in [0, 0.1) is 0 Å². The molecule has 1 aromatic carbocycles. The van der Waals surface area contributed by atoms with Gasteiger partial charge in [-0.05, 0) is 64.6 Å². The van der Waals surface area contributed by atoms with Crippen molar-refractivity contribution in [1.82, 2.24) is 9.80 Å². The maximum absolute atomic E-state index is 10.2. The summed E-state index contributed by atoms with van der Waals surface area (Å²) in [5.74, 6) is 0. The Bertz CT molecular complexity index is 461. The molecule has 23 heavy (non-hydrogen) atoms. The molecule has 1 saturated heterocycles. The van der Waals surface area contributed by atoms with Gasteiger partial charge in [0.15, 0.2) is 0 Å². The van der Waals surface area contributed by atoms with Crippen molar-refractivity contribution in [3.8, 4) is 0 Å². The number of aliphatic hydroxyl groups excluding tert-OH is 1. The number of aliphatic hydroxyl groups is 1. The summed E-state index contributed by atoms with van der Waals surface area (Å²) < 4.78 is 5.81. The number of likely N-dealkylation sites (N-methyl/N-ethyl adjacent to an activating group) is 1. The molecule has 0 radical (unpaired) electrons. The number of nitrogens with zero attached hydrogens (tertiary/aromatic N) is 2. The maximum Gasteiger partial charge on any atom is 0.0900 e.